The maximum absolute atomic E-state index is 9.62. The van der Waals surface area contributed by atoms with E-state index >= 15 is 0 Å². The van der Waals surface area contributed by atoms with Gasteiger partial charge in [0.2, 0.25) is 0 Å². The Morgan fingerprint density at radius 2 is 2.17 bits per heavy atom. The van der Waals surface area contributed by atoms with Gasteiger partial charge in [-0.1, -0.05) is 0 Å². The second-order valence-corrected chi connectivity index (χ2v) is 3.68. The van der Waals surface area contributed by atoms with E-state index in [1.165, 1.54) is 0 Å². The van der Waals surface area contributed by atoms with Crippen LogP contribution in [-0.2, 0) is 4.74 Å². The molecule has 0 spiro atoms. The average molecular weight is 192 g/mol. The summed E-state index contributed by atoms with van der Waals surface area (Å²) in [4.78, 5) is 0. The normalized spacial score (nSPS) is 42.0. The molecule has 0 saturated carbocycles. The topological polar surface area (TPSA) is 49.7 Å². The zero-order chi connectivity index (χ0) is 9.14. The van der Waals surface area contributed by atoms with Crippen molar-refractivity contribution in [1.82, 2.24) is 0 Å². The first kappa shape index (κ1) is 10.3. The summed E-state index contributed by atoms with van der Waals surface area (Å²) in [5.41, 5.74) is 0. The van der Waals surface area contributed by atoms with Crippen molar-refractivity contribution in [2.75, 3.05) is 12.4 Å². The van der Waals surface area contributed by atoms with E-state index in [1.54, 1.807) is 0 Å². The lowest BCUT2D eigenvalue weighted by Gasteiger charge is -2.16. The van der Waals surface area contributed by atoms with Crippen LogP contribution >= 0.6 is 12.6 Å². The molecular formula is C8H16O3S. The van der Waals surface area contributed by atoms with Crippen LogP contribution in [0.25, 0.3) is 0 Å². The van der Waals surface area contributed by atoms with Crippen LogP contribution in [0, 0.1) is 5.92 Å². The van der Waals surface area contributed by atoms with Crippen molar-refractivity contribution >= 4 is 12.6 Å². The fourth-order valence-electron chi connectivity index (χ4n) is 1.71. The van der Waals surface area contributed by atoms with Crippen LogP contribution in [0.4, 0.5) is 0 Å². The first-order valence-corrected chi connectivity index (χ1v) is 4.89. The van der Waals surface area contributed by atoms with Gasteiger partial charge in [0.25, 0.3) is 0 Å². The van der Waals surface area contributed by atoms with Crippen LogP contribution in [0.15, 0.2) is 0 Å². The van der Waals surface area contributed by atoms with Gasteiger partial charge in [-0.2, -0.15) is 12.6 Å². The summed E-state index contributed by atoms with van der Waals surface area (Å²) < 4.78 is 5.35. The molecule has 0 bridgehead atoms. The van der Waals surface area contributed by atoms with Crippen molar-refractivity contribution in [1.29, 1.82) is 0 Å². The van der Waals surface area contributed by atoms with E-state index in [4.69, 9.17) is 9.84 Å². The van der Waals surface area contributed by atoms with Crippen LogP contribution < -0.4 is 0 Å². The number of aliphatic hydroxyl groups excluding tert-OH is 2. The second kappa shape index (κ2) is 4.46. The molecule has 12 heavy (non-hydrogen) atoms. The summed E-state index contributed by atoms with van der Waals surface area (Å²) in [6.07, 6.45) is -0.0247. The van der Waals surface area contributed by atoms with Crippen LogP contribution in [0.5, 0.6) is 0 Å². The largest absolute Gasteiger partial charge is 0.394 e. The predicted octanol–water partition coefficient (Wildman–Crippen LogP) is 0.0630. The fourth-order valence-corrected chi connectivity index (χ4v) is 2.01. The van der Waals surface area contributed by atoms with E-state index in [-0.39, 0.29) is 24.7 Å². The molecule has 1 saturated heterocycles. The number of ether oxygens (including phenoxy) is 1. The summed E-state index contributed by atoms with van der Waals surface area (Å²) in [6, 6.07) is 0. The van der Waals surface area contributed by atoms with Gasteiger partial charge in [0.1, 0.15) is 0 Å². The Labute approximate surface area is 78.1 Å². The van der Waals surface area contributed by atoms with Gasteiger partial charge in [-0.15, -0.1) is 0 Å². The molecule has 1 heterocycles. The van der Waals surface area contributed by atoms with Gasteiger partial charge in [0, 0.05) is 5.92 Å². The standard InChI is InChI=1S/C8H16O3S/c1-5-8(10)6(2-3-12)7(4-9)11-5/h5-10,12H,2-4H2,1H3/t5?,6?,7-,8?/m1/s1. The molecule has 0 aliphatic carbocycles. The van der Waals surface area contributed by atoms with Crippen LogP contribution in [0.1, 0.15) is 13.3 Å². The predicted molar refractivity (Wildman–Crippen MR) is 49.4 cm³/mol. The smallest absolute Gasteiger partial charge is 0.0864 e. The Morgan fingerprint density at radius 1 is 1.50 bits per heavy atom. The zero-order valence-electron chi connectivity index (χ0n) is 7.18. The first-order chi connectivity index (χ1) is 5.70. The molecule has 4 heteroatoms. The van der Waals surface area contributed by atoms with Crippen LogP contribution in [0.3, 0.4) is 0 Å². The van der Waals surface area contributed by atoms with Crippen LogP contribution in [-0.4, -0.2) is 40.9 Å². The molecule has 72 valence electrons. The summed E-state index contributed by atoms with van der Waals surface area (Å²) >= 11 is 4.10. The molecule has 1 rings (SSSR count). The molecule has 0 aromatic carbocycles. The fraction of sp³-hybridized carbons (Fsp3) is 1.00. The van der Waals surface area contributed by atoms with Gasteiger partial charge >= 0.3 is 0 Å². The maximum atomic E-state index is 9.62. The Hall–Kier alpha value is 0.230. The number of aliphatic hydroxyl groups is 2. The van der Waals surface area contributed by atoms with E-state index in [2.05, 4.69) is 12.6 Å². The maximum Gasteiger partial charge on any atom is 0.0864 e. The molecule has 0 amide bonds. The highest BCUT2D eigenvalue weighted by Gasteiger charge is 2.39. The molecule has 1 aliphatic heterocycles. The number of rotatable bonds is 3. The second-order valence-electron chi connectivity index (χ2n) is 3.23. The Bertz CT molecular complexity index is 142. The third kappa shape index (κ3) is 1.93. The van der Waals surface area contributed by atoms with E-state index in [0.29, 0.717) is 5.75 Å². The quantitative estimate of drug-likeness (QED) is 0.554. The zero-order valence-corrected chi connectivity index (χ0v) is 8.08. The molecule has 0 radical (unpaired) electrons. The highest BCUT2D eigenvalue weighted by atomic mass is 32.1. The van der Waals surface area contributed by atoms with Crippen molar-refractivity contribution in [3.63, 3.8) is 0 Å². The molecule has 3 nitrogen and oxygen atoms in total. The van der Waals surface area contributed by atoms with E-state index in [9.17, 15) is 5.11 Å². The van der Waals surface area contributed by atoms with Gasteiger partial charge in [0.05, 0.1) is 24.9 Å². The summed E-state index contributed by atoms with van der Waals surface area (Å²) in [6.45, 7) is 1.81. The SMILES string of the molecule is CC1O[C@H](CO)C(CCS)C1O. The molecule has 0 aromatic heterocycles. The van der Waals surface area contributed by atoms with Crippen molar-refractivity contribution in [2.45, 2.75) is 31.7 Å². The van der Waals surface area contributed by atoms with Crippen molar-refractivity contribution in [3.8, 4) is 0 Å². The number of hydrogen-bond acceptors (Lipinski definition) is 4. The van der Waals surface area contributed by atoms with Gasteiger partial charge in [0.15, 0.2) is 0 Å². The minimum absolute atomic E-state index is 0.0140. The van der Waals surface area contributed by atoms with Gasteiger partial charge < -0.3 is 14.9 Å². The van der Waals surface area contributed by atoms with Gasteiger partial charge in [-0.3, -0.25) is 0 Å². The van der Waals surface area contributed by atoms with E-state index in [1.807, 2.05) is 6.92 Å². The molecular weight excluding hydrogens is 176 g/mol. The number of thiol groups is 1. The average Bonchev–Trinajstić information content (AvgIpc) is 2.33. The van der Waals surface area contributed by atoms with Crippen molar-refractivity contribution in [3.05, 3.63) is 0 Å². The Morgan fingerprint density at radius 3 is 2.67 bits per heavy atom. The minimum Gasteiger partial charge on any atom is -0.394 e. The highest BCUT2D eigenvalue weighted by molar-refractivity contribution is 7.80. The molecule has 4 atom stereocenters. The summed E-state index contributed by atoms with van der Waals surface area (Å²) in [7, 11) is 0. The lowest BCUT2D eigenvalue weighted by molar-refractivity contribution is -0.00241. The lowest BCUT2D eigenvalue weighted by Crippen LogP contribution is -2.28. The van der Waals surface area contributed by atoms with Crippen molar-refractivity contribution in [2.24, 2.45) is 5.92 Å². The van der Waals surface area contributed by atoms with Gasteiger partial charge in [-0.05, 0) is 19.1 Å². The molecule has 1 aliphatic rings. The lowest BCUT2D eigenvalue weighted by atomic mass is 9.94. The summed E-state index contributed by atoms with van der Waals surface area (Å²) in [5.74, 6) is 0.761. The van der Waals surface area contributed by atoms with E-state index < -0.39 is 6.10 Å². The minimum atomic E-state index is -0.450. The third-order valence-corrected chi connectivity index (χ3v) is 2.69. The molecule has 2 N–H and O–H groups in total. The molecule has 1 fully saturated rings. The first-order valence-electron chi connectivity index (χ1n) is 4.26. The monoisotopic (exact) mass is 192 g/mol. The molecule has 0 aromatic rings. The van der Waals surface area contributed by atoms with E-state index in [0.717, 1.165) is 6.42 Å². The number of hydrogen-bond donors (Lipinski definition) is 3. The molecule has 3 unspecified atom stereocenters. The Kier molecular flexibility index (Phi) is 3.83. The van der Waals surface area contributed by atoms with Crippen molar-refractivity contribution < 1.29 is 14.9 Å². The van der Waals surface area contributed by atoms with Gasteiger partial charge in [-0.25, -0.2) is 0 Å². The van der Waals surface area contributed by atoms with Crippen LogP contribution in [0.2, 0.25) is 0 Å². The highest BCUT2D eigenvalue weighted by Crippen LogP contribution is 2.29. The summed E-state index contributed by atoms with van der Waals surface area (Å²) in [5, 5.41) is 18.6. The third-order valence-electron chi connectivity index (χ3n) is 2.43. The Balaban J connectivity index is 2.53.